The van der Waals surface area contributed by atoms with Gasteiger partial charge in [0.2, 0.25) is 0 Å². The molecule has 6 nitrogen and oxygen atoms in total. The highest BCUT2D eigenvalue weighted by Crippen LogP contribution is 2.27. The van der Waals surface area contributed by atoms with Gasteiger partial charge in [-0.15, -0.1) is 0 Å². The fourth-order valence-corrected chi connectivity index (χ4v) is 3.98. The first-order chi connectivity index (χ1) is 16.6. The van der Waals surface area contributed by atoms with E-state index in [1.807, 2.05) is 31.2 Å². The van der Waals surface area contributed by atoms with Gasteiger partial charge < -0.3 is 24.8 Å². The average molecular weight is 482 g/mol. The molecule has 1 aromatic rings. The van der Waals surface area contributed by atoms with Crippen LogP contribution in [0.4, 0.5) is 0 Å². The van der Waals surface area contributed by atoms with Gasteiger partial charge in [0.25, 0.3) is 0 Å². The van der Waals surface area contributed by atoms with E-state index < -0.39 is 6.29 Å². The monoisotopic (exact) mass is 481 g/mol. The molecule has 0 saturated carbocycles. The van der Waals surface area contributed by atoms with Crippen LogP contribution in [0.3, 0.4) is 0 Å². The van der Waals surface area contributed by atoms with Crippen LogP contribution in [0.1, 0.15) is 58.7 Å². The molecule has 3 N–H and O–H groups in total. The Kier molecular flexibility index (Phi) is 11.0. The zero-order valence-corrected chi connectivity index (χ0v) is 22.2. The maximum Gasteiger partial charge on any atom is 0.175 e. The van der Waals surface area contributed by atoms with Crippen molar-refractivity contribution in [2.45, 2.75) is 79.4 Å². The molecule has 1 saturated heterocycles. The van der Waals surface area contributed by atoms with E-state index in [0.29, 0.717) is 13.0 Å². The molecular formula is C29H43N3O3. The molecule has 3 unspecified atom stereocenters. The third kappa shape index (κ3) is 7.92. The first kappa shape index (κ1) is 28.6. The zero-order valence-electron chi connectivity index (χ0n) is 22.2. The Hall–Kier alpha value is -2.67. The number of allylic oxidation sites excluding steroid dienone is 7. The molecule has 4 atom stereocenters. The minimum Gasteiger partial charge on any atom is -0.394 e. The first-order valence-corrected chi connectivity index (χ1v) is 12.5. The van der Waals surface area contributed by atoms with Gasteiger partial charge in [-0.3, -0.25) is 4.99 Å². The van der Waals surface area contributed by atoms with Gasteiger partial charge in [-0.05, 0) is 50.8 Å². The number of rotatable bonds is 7. The minimum atomic E-state index is -0.991. The van der Waals surface area contributed by atoms with Crippen molar-refractivity contribution in [1.29, 1.82) is 0 Å². The van der Waals surface area contributed by atoms with Gasteiger partial charge >= 0.3 is 0 Å². The summed E-state index contributed by atoms with van der Waals surface area (Å²) in [6, 6.07) is 1.79. The third-order valence-corrected chi connectivity index (χ3v) is 6.04. The summed E-state index contributed by atoms with van der Waals surface area (Å²) in [5, 5.41) is 23.0. The molecule has 2 aliphatic rings. The van der Waals surface area contributed by atoms with Crippen molar-refractivity contribution in [2.75, 3.05) is 6.61 Å². The second kappa shape index (κ2) is 13.4. The van der Waals surface area contributed by atoms with Crippen LogP contribution in [-0.2, 0) is 11.3 Å². The maximum atomic E-state index is 10.4. The smallest absolute Gasteiger partial charge is 0.175 e. The van der Waals surface area contributed by atoms with Gasteiger partial charge in [0.15, 0.2) is 6.29 Å². The summed E-state index contributed by atoms with van der Waals surface area (Å²) in [4.78, 5) is 4.86. The number of aliphatic hydroxyl groups is 2. The molecule has 0 aromatic carbocycles. The van der Waals surface area contributed by atoms with Crippen LogP contribution in [0.5, 0.6) is 0 Å². The lowest BCUT2D eigenvalue weighted by molar-refractivity contribution is -0.198. The quantitative estimate of drug-likeness (QED) is 0.494. The molecule has 0 amide bonds. The van der Waals surface area contributed by atoms with E-state index in [4.69, 9.17) is 9.73 Å². The number of ether oxygens (including phenoxy) is 1. The Labute approximate surface area is 211 Å². The molecule has 6 heteroatoms. The van der Waals surface area contributed by atoms with Crippen LogP contribution < -0.4 is 5.32 Å². The average Bonchev–Trinajstić information content (AvgIpc) is 3.17. The Morgan fingerprint density at radius 3 is 2.49 bits per heavy atom. The van der Waals surface area contributed by atoms with E-state index in [0.717, 1.165) is 39.5 Å². The van der Waals surface area contributed by atoms with Crippen molar-refractivity contribution in [1.82, 2.24) is 9.88 Å². The molecule has 192 valence electrons. The molecule has 0 radical (unpaired) electrons. The van der Waals surface area contributed by atoms with Crippen LogP contribution in [0.2, 0.25) is 0 Å². The molecule has 2 heterocycles. The SMILES string of the molecule is C=C1C=CC=CC1=NC(Cn1cc(C(=C)N[C@@H]2C(C)CC(CO)OC2O)cc1C)=C(C)C.CCC. The van der Waals surface area contributed by atoms with E-state index in [2.05, 4.69) is 69.9 Å². The Balaban J connectivity index is 0.00000137. The number of nitrogens with one attached hydrogen (secondary N) is 1. The lowest BCUT2D eigenvalue weighted by atomic mass is 9.91. The minimum absolute atomic E-state index is 0.0899. The summed E-state index contributed by atoms with van der Waals surface area (Å²) in [5.41, 5.74) is 6.69. The van der Waals surface area contributed by atoms with Crippen LogP contribution in [0.15, 0.2) is 71.6 Å². The number of hydrogen-bond acceptors (Lipinski definition) is 5. The van der Waals surface area contributed by atoms with E-state index in [-0.39, 0.29) is 24.7 Å². The second-order valence-electron chi connectivity index (χ2n) is 9.59. The zero-order chi connectivity index (χ0) is 26.1. The fraction of sp³-hybridized carbons (Fsp3) is 0.483. The standard InChI is InChI=1S/C26H35N3O3.C3H8/c1-16(2)24(28-23-10-8-7-9-17(23)3)14-29-13-21(12-19(29)5)20(6)27-25-18(4)11-22(15-30)32-26(25)31;1-3-2/h7-10,12-13,18,22,25-27,30-31H,3,6,11,14-15H2,1-2,4-5H3;3H2,1-2H3/t18?,22?,25-,26?;/m1./s1. The lowest BCUT2D eigenvalue weighted by Gasteiger charge is -2.38. The van der Waals surface area contributed by atoms with Gasteiger partial charge in [-0.2, -0.15) is 0 Å². The normalized spacial score (nSPS) is 24.7. The van der Waals surface area contributed by atoms with E-state index >= 15 is 0 Å². The van der Waals surface area contributed by atoms with E-state index in [1.165, 1.54) is 6.42 Å². The van der Waals surface area contributed by atoms with Gasteiger partial charge in [0.05, 0.1) is 36.7 Å². The largest absolute Gasteiger partial charge is 0.394 e. The van der Waals surface area contributed by atoms with Crippen molar-refractivity contribution in [2.24, 2.45) is 10.9 Å². The number of aliphatic hydroxyl groups excluding tert-OH is 2. The first-order valence-electron chi connectivity index (χ1n) is 12.5. The highest BCUT2D eigenvalue weighted by Gasteiger charge is 2.35. The molecule has 1 aromatic heterocycles. The summed E-state index contributed by atoms with van der Waals surface area (Å²) in [5.74, 6) is 0.134. The Morgan fingerprint density at radius 1 is 1.26 bits per heavy atom. The highest BCUT2D eigenvalue weighted by molar-refractivity contribution is 6.11. The molecular weight excluding hydrogens is 438 g/mol. The fourth-order valence-electron chi connectivity index (χ4n) is 3.98. The van der Waals surface area contributed by atoms with Crippen molar-refractivity contribution >= 4 is 11.4 Å². The molecule has 35 heavy (non-hydrogen) atoms. The van der Waals surface area contributed by atoms with E-state index in [9.17, 15) is 10.2 Å². The topological polar surface area (TPSA) is 79.0 Å². The summed E-state index contributed by atoms with van der Waals surface area (Å²) in [7, 11) is 0. The van der Waals surface area contributed by atoms with Crippen LogP contribution in [0.25, 0.3) is 5.70 Å². The molecule has 0 bridgehead atoms. The van der Waals surface area contributed by atoms with E-state index in [1.54, 1.807) is 0 Å². The predicted octanol–water partition coefficient (Wildman–Crippen LogP) is 5.29. The maximum absolute atomic E-state index is 10.4. The van der Waals surface area contributed by atoms with Gasteiger partial charge in [0.1, 0.15) is 0 Å². The highest BCUT2D eigenvalue weighted by atomic mass is 16.6. The Morgan fingerprint density at radius 2 is 1.91 bits per heavy atom. The summed E-state index contributed by atoms with van der Waals surface area (Å²) < 4.78 is 7.65. The molecule has 1 aliphatic carbocycles. The van der Waals surface area contributed by atoms with Crippen LogP contribution in [-0.4, -0.2) is 45.5 Å². The molecule has 0 spiro atoms. The molecule has 3 rings (SSSR count). The van der Waals surface area contributed by atoms with Crippen molar-refractivity contribution < 1.29 is 14.9 Å². The van der Waals surface area contributed by atoms with Gasteiger partial charge in [0, 0.05) is 23.2 Å². The van der Waals surface area contributed by atoms with Crippen LogP contribution in [0, 0.1) is 12.8 Å². The van der Waals surface area contributed by atoms with Crippen molar-refractivity contribution in [3.63, 3.8) is 0 Å². The number of aryl methyl sites for hydroxylation is 1. The van der Waals surface area contributed by atoms with Crippen molar-refractivity contribution in [3.8, 4) is 0 Å². The predicted molar refractivity (Wildman–Crippen MR) is 146 cm³/mol. The molecule has 1 fully saturated rings. The lowest BCUT2D eigenvalue weighted by Crippen LogP contribution is -2.51. The second-order valence-corrected chi connectivity index (χ2v) is 9.59. The summed E-state index contributed by atoms with van der Waals surface area (Å²) >= 11 is 0. The van der Waals surface area contributed by atoms with Gasteiger partial charge in [-0.25, -0.2) is 0 Å². The number of nitrogens with zero attached hydrogens (tertiary/aromatic N) is 2. The summed E-state index contributed by atoms with van der Waals surface area (Å²) in [6.07, 6.45) is 10.5. The number of aliphatic imine (C=N–C) groups is 1. The number of hydrogen-bond donors (Lipinski definition) is 3. The van der Waals surface area contributed by atoms with Crippen molar-refractivity contribution in [3.05, 3.63) is 77.8 Å². The molecule has 1 aliphatic heterocycles. The van der Waals surface area contributed by atoms with Crippen LogP contribution >= 0.6 is 0 Å². The van der Waals surface area contributed by atoms with Gasteiger partial charge in [-0.1, -0.05) is 64.2 Å². The third-order valence-electron chi connectivity index (χ3n) is 6.04. The summed E-state index contributed by atoms with van der Waals surface area (Å²) in [6.45, 7) is 21.3. The Bertz CT molecular complexity index is 996. The number of aromatic nitrogens is 1.